The maximum atomic E-state index is 11.7. The highest BCUT2D eigenvalue weighted by atomic mass is 35.5. The lowest BCUT2D eigenvalue weighted by Gasteiger charge is -2.15. The molecule has 0 spiro atoms. The fourth-order valence-electron chi connectivity index (χ4n) is 2.73. The predicted octanol–water partition coefficient (Wildman–Crippen LogP) is 4.39. The van der Waals surface area contributed by atoms with Crippen LogP contribution in [0.25, 0.3) is 0 Å². The van der Waals surface area contributed by atoms with Crippen LogP contribution in [0.15, 0.2) is 30.3 Å². The smallest absolute Gasteiger partial charge is 0.224 e. The number of halogens is 1. The molecule has 128 valence electrons. The second kappa shape index (κ2) is 8.20. The quantitative estimate of drug-likeness (QED) is 0.843. The van der Waals surface area contributed by atoms with Gasteiger partial charge < -0.3 is 10.1 Å². The van der Waals surface area contributed by atoms with Crippen LogP contribution in [0.5, 0.6) is 5.75 Å². The SMILES string of the molecule is CCc1cc(C)c(OCc2c(Cl)cccc2CC(=O)NC)cc1C. The third-order valence-corrected chi connectivity index (χ3v) is 4.59. The molecule has 0 saturated heterocycles. The molecule has 0 unspecified atom stereocenters. The number of carbonyl (C=O) groups excluding carboxylic acids is 1. The summed E-state index contributed by atoms with van der Waals surface area (Å²) in [5.41, 5.74) is 5.42. The first-order valence-electron chi connectivity index (χ1n) is 8.16. The second-order valence-corrected chi connectivity index (χ2v) is 6.32. The van der Waals surface area contributed by atoms with E-state index in [0.29, 0.717) is 18.1 Å². The number of hydrogen-bond acceptors (Lipinski definition) is 2. The molecule has 0 saturated carbocycles. The molecule has 1 N–H and O–H groups in total. The van der Waals surface area contributed by atoms with E-state index in [1.807, 2.05) is 25.1 Å². The summed E-state index contributed by atoms with van der Waals surface area (Å²) in [6.45, 7) is 6.64. The van der Waals surface area contributed by atoms with Gasteiger partial charge in [0.15, 0.2) is 0 Å². The van der Waals surface area contributed by atoms with Crippen molar-refractivity contribution in [1.82, 2.24) is 5.32 Å². The zero-order valence-electron chi connectivity index (χ0n) is 14.7. The monoisotopic (exact) mass is 345 g/mol. The largest absolute Gasteiger partial charge is 0.489 e. The predicted molar refractivity (Wildman–Crippen MR) is 98.8 cm³/mol. The third kappa shape index (κ3) is 4.30. The molecule has 0 aromatic heterocycles. The zero-order valence-corrected chi connectivity index (χ0v) is 15.5. The molecular weight excluding hydrogens is 322 g/mol. The van der Waals surface area contributed by atoms with E-state index in [4.69, 9.17) is 16.3 Å². The van der Waals surface area contributed by atoms with Crippen LogP contribution in [0.1, 0.15) is 34.7 Å². The Kier molecular flexibility index (Phi) is 6.27. The maximum Gasteiger partial charge on any atom is 0.224 e. The lowest BCUT2D eigenvalue weighted by molar-refractivity contribution is -0.119. The molecule has 0 aliphatic rings. The van der Waals surface area contributed by atoms with Crippen LogP contribution in [0.3, 0.4) is 0 Å². The number of carbonyl (C=O) groups is 1. The van der Waals surface area contributed by atoms with Crippen molar-refractivity contribution in [3.05, 3.63) is 63.2 Å². The van der Waals surface area contributed by atoms with Gasteiger partial charge in [0.1, 0.15) is 12.4 Å². The fraction of sp³-hybridized carbons (Fsp3) is 0.350. The van der Waals surface area contributed by atoms with Gasteiger partial charge in [0.2, 0.25) is 5.91 Å². The van der Waals surface area contributed by atoms with E-state index in [-0.39, 0.29) is 5.91 Å². The Morgan fingerprint density at radius 1 is 1.17 bits per heavy atom. The van der Waals surface area contributed by atoms with Gasteiger partial charge in [0, 0.05) is 17.6 Å². The van der Waals surface area contributed by atoms with Crippen molar-refractivity contribution in [2.75, 3.05) is 7.05 Å². The van der Waals surface area contributed by atoms with Crippen molar-refractivity contribution in [2.45, 2.75) is 40.2 Å². The van der Waals surface area contributed by atoms with Gasteiger partial charge in [-0.2, -0.15) is 0 Å². The average molecular weight is 346 g/mol. The van der Waals surface area contributed by atoms with E-state index in [1.54, 1.807) is 7.05 Å². The van der Waals surface area contributed by atoms with Crippen molar-refractivity contribution < 1.29 is 9.53 Å². The van der Waals surface area contributed by atoms with E-state index < -0.39 is 0 Å². The van der Waals surface area contributed by atoms with Crippen LogP contribution in [0.4, 0.5) is 0 Å². The van der Waals surface area contributed by atoms with Gasteiger partial charge in [0.25, 0.3) is 0 Å². The molecule has 4 heteroatoms. The first-order chi connectivity index (χ1) is 11.5. The molecule has 2 aromatic rings. The van der Waals surface area contributed by atoms with E-state index >= 15 is 0 Å². The van der Waals surface area contributed by atoms with Crippen LogP contribution < -0.4 is 10.1 Å². The fourth-order valence-corrected chi connectivity index (χ4v) is 2.98. The van der Waals surface area contributed by atoms with E-state index in [1.165, 1.54) is 11.1 Å². The van der Waals surface area contributed by atoms with Crippen LogP contribution in [-0.4, -0.2) is 13.0 Å². The van der Waals surface area contributed by atoms with Gasteiger partial charge in [-0.05, 0) is 54.7 Å². The van der Waals surface area contributed by atoms with Gasteiger partial charge in [0.05, 0.1) is 6.42 Å². The number of aryl methyl sites for hydroxylation is 3. The Morgan fingerprint density at radius 2 is 1.92 bits per heavy atom. The molecule has 0 bridgehead atoms. The molecule has 24 heavy (non-hydrogen) atoms. The second-order valence-electron chi connectivity index (χ2n) is 5.91. The topological polar surface area (TPSA) is 38.3 Å². The third-order valence-electron chi connectivity index (χ3n) is 4.23. The van der Waals surface area contributed by atoms with Gasteiger partial charge in [-0.15, -0.1) is 0 Å². The summed E-state index contributed by atoms with van der Waals surface area (Å²) >= 11 is 6.33. The molecular formula is C20H24ClNO2. The molecule has 0 aliphatic heterocycles. The number of amides is 1. The van der Waals surface area contributed by atoms with Crippen molar-refractivity contribution in [3.8, 4) is 5.75 Å². The van der Waals surface area contributed by atoms with Gasteiger partial charge in [-0.3, -0.25) is 4.79 Å². The molecule has 0 heterocycles. The number of likely N-dealkylation sites (N-methyl/N-ethyl adjacent to an activating group) is 1. The van der Waals surface area contributed by atoms with E-state index in [0.717, 1.165) is 28.9 Å². The van der Waals surface area contributed by atoms with Gasteiger partial charge >= 0.3 is 0 Å². The van der Waals surface area contributed by atoms with Crippen molar-refractivity contribution in [2.24, 2.45) is 0 Å². The summed E-state index contributed by atoms with van der Waals surface area (Å²) in [5, 5.41) is 3.26. The summed E-state index contributed by atoms with van der Waals surface area (Å²) in [4.78, 5) is 11.7. The van der Waals surface area contributed by atoms with Crippen LogP contribution >= 0.6 is 11.6 Å². The Morgan fingerprint density at radius 3 is 2.58 bits per heavy atom. The van der Waals surface area contributed by atoms with Gasteiger partial charge in [-0.25, -0.2) is 0 Å². The Hall–Kier alpha value is -2.00. The minimum Gasteiger partial charge on any atom is -0.489 e. The summed E-state index contributed by atoms with van der Waals surface area (Å²) in [5.74, 6) is 0.813. The lowest BCUT2D eigenvalue weighted by atomic mass is 10.0. The molecule has 0 radical (unpaired) electrons. The molecule has 0 atom stereocenters. The highest BCUT2D eigenvalue weighted by Crippen LogP contribution is 2.27. The molecule has 3 nitrogen and oxygen atoms in total. The minimum absolute atomic E-state index is 0.0437. The standard InChI is InChI=1S/C20H24ClNO2/c1-5-15-9-14(3)19(10-13(15)2)24-12-17-16(11-20(23)22-4)7-6-8-18(17)21/h6-10H,5,11-12H2,1-4H3,(H,22,23). The van der Waals surface area contributed by atoms with Crippen molar-refractivity contribution >= 4 is 17.5 Å². The normalized spacial score (nSPS) is 10.5. The molecule has 2 aromatic carbocycles. The number of benzene rings is 2. The Bertz CT molecular complexity index is 741. The van der Waals surface area contributed by atoms with Crippen LogP contribution in [-0.2, 0) is 24.2 Å². The lowest BCUT2D eigenvalue weighted by Crippen LogP contribution is -2.21. The van der Waals surface area contributed by atoms with Gasteiger partial charge in [-0.1, -0.05) is 36.7 Å². The van der Waals surface area contributed by atoms with Crippen molar-refractivity contribution in [3.63, 3.8) is 0 Å². The summed E-state index contributed by atoms with van der Waals surface area (Å²) < 4.78 is 6.02. The number of hydrogen-bond donors (Lipinski definition) is 1. The molecule has 0 fully saturated rings. The molecule has 2 rings (SSSR count). The highest BCUT2D eigenvalue weighted by molar-refractivity contribution is 6.31. The molecule has 1 amide bonds. The maximum absolute atomic E-state index is 11.7. The number of rotatable bonds is 6. The number of ether oxygens (including phenoxy) is 1. The van der Waals surface area contributed by atoms with Crippen LogP contribution in [0.2, 0.25) is 5.02 Å². The zero-order chi connectivity index (χ0) is 17.7. The summed E-state index contributed by atoms with van der Waals surface area (Å²) in [6, 6.07) is 9.84. The molecule has 0 aliphatic carbocycles. The number of nitrogens with one attached hydrogen (secondary N) is 1. The minimum atomic E-state index is -0.0437. The van der Waals surface area contributed by atoms with E-state index in [2.05, 4.69) is 31.3 Å². The van der Waals surface area contributed by atoms with Crippen molar-refractivity contribution in [1.29, 1.82) is 0 Å². The first-order valence-corrected chi connectivity index (χ1v) is 8.53. The van der Waals surface area contributed by atoms with E-state index in [9.17, 15) is 4.79 Å². The highest BCUT2D eigenvalue weighted by Gasteiger charge is 2.12. The Labute approximate surface area is 149 Å². The first kappa shape index (κ1) is 18.3. The summed E-state index contributed by atoms with van der Waals surface area (Å²) in [6.07, 6.45) is 1.30. The Balaban J connectivity index is 2.23. The van der Waals surface area contributed by atoms with Crippen LogP contribution in [0, 0.1) is 13.8 Å². The summed E-state index contributed by atoms with van der Waals surface area (Å²) in [7, 11) is 1.63. The average Bonchev–Trinajstić information content (AvgIpc) is 2.56.